The number of nitrogens with zero attached hydrogens (tertiary/aromatic N) is 1. The fourth-order valence-corrected chi connectivity index (χ4v) is 3.80. The Morgan fingerprint density at radius 1 is 0.931 bits per heavy atom. The first-order chi connectivity index (χ1) is 14.1. The molecular formula is C24H19NO4. The van der Waals surface area contributed by atoms with E-state index in [1.165, 1.54) is 41.5 Å². The number of carbonyl (C=O) groups excluding carboxylic acids is 1. The Labute approximate surface area is 168 Å². The van der Waals surface area contributed by atoms with Crippen LogP contribution in [0.15, 0.2) is 97.1 Å². The number of benzene rings is 3. The Kier molecular flexibility index (Phi) is 4.96. The maximum Gasteiger partial charge on any atom is 0.335 e. The zero-order valence-corrected chi connectivity index (χ0v) is 15.6. The lowest BCUT2D eigenvalue weighted by molar-refractivity contribution is -0.384. The predicted octanol–water partition coefficient (Wildman–Crippen LogP) is 5.06. The molecule has 4 rings (SSSR count). The maximum atomic E-state index is 12.2. The van der Waals surface area contributed by atoms with Gasteiger partial charge in [-0.1, -0.05) is 66.7 Å². The molecule has 1 aliphatic rings. The van der Waals surface area contributed by atoms with E-state index in [9.17, 15) is 14.9 Å². The molecule has 0 aromatic heterocycles. The second-order valence-electron chi connectivity index (χ2n) is 7.05. The molecule has 3 aromatic rings. The van der Waals surface area contributed by atoms with Crippen LogP contribution in [0, 0.1) is 16.0 Å². The van der Waals surface area contributed by atoms with Gasteiger partial charge in [0, 0.05) is 23.6 Å². The molecule has 29 heavy (non-hydrogen) atoms. The van der Waals surface area contributed by atoms with Crippen molar-refractivity contribution in [2.75, 3.05) is 0 Å². The summed E-state index contributed by atoms with van der Waals surface area (Å²) in [5.74, 6) is -0.0316. The summed E-state index contributed by atoms with van der Waals surface area (Å²) in [6.07, 6.45) is 4.26. The van der Waals surface area contributed by atoms with E-state index in [0.29, 0.717) is 0 Å². The van der Waals surface area contributed by atoms with Crippen molar-refractivity contribution < 1.29 is 14.5 Å². The minimum absolute atomic E-state index is 0.0474. The van der Waals surface area contributed by atoms with Crippen LogP contribution in [0.25, 0.3) is 0 Å². The molecule has 1 fully saturated rings. The molecule has 0 amide bonds. The highest BCUT2D eigenvalue weighted by Gasteiger charge is 2.54. The van der Waals surface area contributed by atoms with Gasteiger partial charge < -0.3 is 4.74 Å². The summed E-state index contributed by atoms with van der Waals surface area (Å²) in [6, 6.07) is 26.0. The van der Waals surface area contributed by atoms with Gasteiger partial charge in [-0.05, 0) is 35.6 Å². The number of ether oxygens (including phenoxy) is 1. The standard InChI is InChI=1S/C24H19NO4/c26-23(29-22-14-12-21(13-15-22)25(27)28)16-11-20-17-24(20,18-7-3-1-4-8-18)19-9-5-2-6-10-19/h1-16,20H,17H2/b16-11+/t20-/m1/s1. The first kappa shape index (κ1) is 18.6. The van der Waals surface area contributed by atoms with Crippen LogP contribution in [0.5, 0.6) is 5.75 Å². The molecule has 0 heterocycles. The molecule has 3 aromatic carbocycles. The van der Waals surface area contributed by atoms with E-state index in [1.54, 1.807) is 0 Å². The van der Waals surface area contributed by atoms with Gasteiger partial charge in [-0.15, -0.1) is 0 Å². The summed E-state index contributed by atoms with van der Waals surface area (Å²) in [4.78, 5) is 22.4. The quantitative estimate of drug-likeness (QED) is 0.195. The summed E-state index contributed by atoms with van der Waals surface area (Å²) in [5, 5.41) is 10.7. The van der Waals surface area contributed by atoms with Gasteiger partial charge >= 0.3 is 5.97 Å². The molecule has 1 saturated carbocycles. The zero-order valence-electron chi connectivity index (χ0n) is 15.6. The Morgan fingerprint density at radius 2 is 1.48 bits per heavy atom. The van der Waals surface area contributed by atoms with E-state index in [1.807, 2.05) is 42.5 Å². The van der Waals surface area contributed by atoms with Crippen LogP contribution in [-0.4, -0.2) is 10.9 Å². The van der Waals surface area contributed by atoms with E-state index >= 15 is 0 Å². The zero-order chi connectivity index (χ0) is 20.3. The summed E-state index contributed by atoms with van der Waals surface area (Å²) in [6.45, 7) is 0. The van der Waals surface area contributed by atoms with Crippen LogP contribution in [-0.2, 0) is 10.2 Å². The van der Waals surface area contributed by atoms with Gasteiger partial charge in [-0.25, -0.2) is 4.79 Å². The Bertz CT molecular complexity index is 1000. The topological polar surface area (TPSA) is 69.4 Å². The molecule has 5 heteroatoms. The maximum absolute atomic E-state index is 12.2. The summed E-state index contributed by atoms with van der Waals surface area (Å²) < 4.78 is 5.26. The number of esters is 1. The number of hydrogen-bond donors (Lipinski definition) is 0. The first-order valence-corrected chi connectivity index (χ1v) is 9.35. The number of nitro groups is 1. The normalized spacial score (nSPS) is 17.0. The van der Waals surface area contributed by atoms with Crippen LogP contribution in [0.1, 0.15) is 17.5 Å². The SMILES string of the molecule is O=C(/C=C/[C@@H]1CC1(c1ccccc1)c1ccccc1)Oc1ccc([N+](=O)[O-])cc1. The summed E-state index contributed by atoms with van der Waals surface area (Å²) in [5.41, 5.74) is 2.27. The molecule has 0 N–H and O–H groups in total. The highest BCUT2D eigenvalue weighted by Crippen LogP contribution is 2.59. The van der Waals surface area contributed by atoms with Crippen molar-refractivity contribution in [3.63, 3.8) is 0 Å². The van der Waals surface area contributed by atoms with Gasteiger partial charge in [-0.2, -0.15) is 0 Å². The number of hydrogen-bond acceptors (Lipinski definition) is 4. The summed E-state index contributed by atoms with van der Waals surface area (Å²) >= 11 is 0. The molecule has 144 valence electrons. The third kappa shape index (κ3) is 3.80. The number of rotatable bonds is 6. The Morgan fingerprint density at radius 3 is 2.00 bits per heavy atom. The van der Waals surface area contributed by atoms with Crippen LogP contribution in [0.4, 0.5) is 5.69 Å². The van der Waals surface area contributed by atoms with E-state index in [4.69, 9.17) is 4.74 Å². The van der Waals surface area contributed by atoms with E-state index in [0.717, 1.165) is 6.42 Å². The van der Waals surface area contributed by atoms with Crippen molar-refractivity contribution >= 4 is 11.7 Å². The second-order valence-corrected chi connectivity index (χ2v) is 7.05. The Hall–Kier alpha value is -3.73. The lowest BCUT2D eigenvalue weighted by Crippen LogP contribution is -2.12. The van der Waals surface area contributed by atoms with E-state index in [2.05, 4.69) is 24.3 Å². The van der Waals surface area contributed by atoms with Gasteiger partial charge in [0.15, 0.2) is 0 Å². The van der Waals surface area contributed by atoms with Gasteiger partial charge in [0.25, 0.3) is 5.69 Å². The van der Waals surface area contributed by atoms with Crippen LogP contribution < -0.4 is 4.74 Å². The van der Waals surface area contributed by atoms with Crippen molar-refractivity contribution in [2.45, 2.75) is 11.8 Å². The van der Waals surface area contributed by atoms with E-state index in [-0.39, 0.29) is 22.8 Å². The largest absolute Gasteiger partial charge is 0.423 e. The lowest BCUT2D eigenvalue weighted by Gasteiger charge is -2.18. The van der Waals surface area contributed by atoms with Gasteiger partial charge in [0.05, 0.1) is 4.92 Å². The molecule has 1 atom stereocenters. The Balaban J connectivity index is 1.49. The third-order valence-corrected chi connectivity index (χ3v) is 5.32. The molecule has 0 aliphatic heterocycles. The molecule has 0 bridgehead atoms. The number of non-ortho nitro benzene ring substituents is 1. The van der Waals surface area contributed by atoms with Crippen molar-refractivity contribution in [3.8, 4) is 5.75 Å². The van der Waals surface area contributed by atoms with Crippen LogP contribution >= 0.6 is 0 Å². The highest BCUT2D eigenvalue weighted by molar-refractivity contribution is 5.84. The van der Waals surface area contributed by atoms with Crippen LogP contribution in [0.2, 0.25) is 0 Å². The average molecular weight is 385 g/mol. The van der Waals surface area contributed by atoms with Gasteiger partial charge in [-0.3, -0.25) is 10.1 Å². The van der Waals surface area contributed by atoms with Gasteiger partial charge in [0.1, 0.15) is 5.75 Å². The van der Waals surface area contributed by atoms with Crippen LogP contribution in [0.3, 0.4) is 0 Å². The minimum atomic E-state index is -0.499. The number of allylic oxidation sites excluding steroid dienone is 1. The van der Waals surface area contributed by atoms with Crippen molar-refractivity contribution in [3.05, 3.63) is 118 Å². The van der Waals surface area contributed by atoms with Crippen molar-refractivity contribution in [1.29, 1.82) is 0 Å². The van der Waals surface area contributed by atoms with Crippen molar-refractivity contribution in [2.24, 2.45) is 5.92 Å². The van der Waals surface area contributed by atoms with Crippen molar-refractivity contribution in [1.82, 2.24) is 0 Å². The monoisotopic (exact) mass is 385 g/mol. The second kappa shape index (κ2) is 7.72. The molecule has 0 unspecified atom stereocenters. The molecule has 0 saturated heterocycles. The predicted molar refractivity (Wildman–Crippen MR) is 110 cm³/mol. The number of carbonyl (C=O) groups is 1. The molecular weight excluding hydrogens is 366 g/mol. The number of nitro benzene ring substituents is 1. The fraction of sp³-hybridized carbons (Fsp3) is 0.125. The molecule has 5 nitrogen and oxygen atoms in total. The molecule has 1 aliphatic carbocycles. The van der Waals surface area contributed by atoms with Gasteiger partial charge in [0.2, 0.25) is 0 Å². The molecule has 0 radical (unpaired) electrons. The van der Waals surface area contributed by atoms with E-state index < -0.39 is 10.9 Å². The smallest absolute Gasteiger partial charge is 0.335 e. The lowest BCUT2D eigenvalue weighted by atomic mass is 9.85. The summed E-state index contributed by atoms with van der Waals surface area (Å²) in [7, 11) is 0. The fourth-order valence-electron chi connectivity index (χ4n) is 3.80. The highest BCUT2D eigenvalue weighted by atomic mass is 16.6. The minimum Gasteiger partial charge on any atom is -0.423 e. The third-order valence-electron chi connectivity index (χ3n) is 5.32. The molecule has 0 spiro atoms. The average Bonchev–Trinajstić information content (AvgIpc) is 3.50. The first-order valence-electron chi connectivity index (χ1n) is 9.35.